The van der Waals surface area contributed by atoms with E-state index in [-0.39, 0.29) is 44.1 Å². The van der Waals surface area contributed by atoms with Crippen LogP contribution in [-0.2, 0) is 19.4 Å². The first-order valence-electron chi connectivity index (χ1n) is 7.12. The van der Waals surface area contributed by atoms with Crippen molar-refractivity contribution in [2.24, 2.45) is 0 Å². The average Bonchev–Trinajstić information content (AvgIpc) is 2.73. The van der Waals surface area contributed by atoms with E-state index in [1.165, 1.54) is 4.90 Å². The summed E-state index contributed by atoms with van der Waals surface area (Å²) in [6, 6.07) is -1.68. The van der Waals surface area contributed by atoms with Crippen molar-refractivity contribution < 1.29 is 33.0 Å². The summed E-state index contributed by atoms with van der Waals surface area (Å²) >= 11 is 0. The van der Waals surface area contributed by atoms with Gasteiger partial charge in [-0.1, -0.05) is 0 Å². The molecular formula is C12H19N3O7S. The molecule has 130 valence electrons. The average molecular weight is 349 g/mol. The number of carboxylic acid groups (broad SMARTS) is 2. The molecule has 0 aromatic heterocycles. The molecule has 2 saturated heterocycles. The van der Waals surface area contributed by atoms with Gasteiger partial charge < -0.3 is 20.4 Å². The fourth-order valence-electron chi connectivity index (χ4n) is 3.02. The van der Waals surface area contributed by atoms with Crippen LogP contribution in [-0.4, -0.2) is 96.2 Å². The molecule has 11 heteroatoms. The molecule has 10 nitrogen and oxygen atoms in total. The fraction of sp³-hybridized carbons (Fsp3) is 0.750. The number of fused-ring (bicyclic) bond motifs is 1. The van der Waals surface area contributed by atoms with E-state index in [1.54, 1.807) is 4.90 Å². The number of nitrogens with one attached hydrogen (secondary N) is 1. The maximum Gasteiger partial charge on any atom is 0.317 e. The smallest absolute Gasteiger partial charge is 0.317 e. The van der Waals surface area contributed by atoms with E-state index >= 15 is 0 Å². The summed E-state index contributed by atoms with van der Waals surface area (Å²) in [4.78, 5) is 36.5. The van der Waals surface area contributed by atoms with Gasteiger partial charge in [0.05, 0.1) is 30.5 Å². The Balaban J connectivity index is 2.07. The van der Waals surface area contributed by atoms with Gasteiger partial charge in [0.1, 0.15) is 0 Å². The van der Waals surface area contributed by atoms with Crippen LogP contribution in [0.5, 0.6) is 0 Å². The minimum absolute atomic E-state index is 0.0480. The number of carbonyl (C=O) groups is 3. The highest BCUT2D eigenvalue weighted by atomic mass is 32.2. The highest BCUT2D eigenvalue weighted by Crippen LogP contribution is 2.26. The SMILES string of the molecule is O=C(O)CCNC(=O)N1CCN(CC(=O)O)[C@@H]2CS(=O)(=O)C[C@@H]21. The van der Waals surface area contributed by atoms with E-state index in [0.29, 0.717) is 0 Å². The fourth-order valence-corrected chi connectivity index (χ4v) is 5.04. The van der Waals surface area contributed by atoms with Crippen molar-refractivity contribution in [3.63, 3.8) is 0 Å². The maximum atomic E-state index is 12.2. The summed E-state index contributed by atoms with van der Waals surface area (Å²) in [5.74, 6) is -2.48. The van der Waals surface area contributed by atoms with Crippen LogP contribution in [0.25, 0.3) is 0 Å². The molecule has 0 radical (unpaired) electrons. The second kappa shape index (κ2) is 6.71. The molecule has 0 aromatic carbocycles. The van der Waals surface area contributed by atoms with Crippen molar-refractivity contribution in [1.29, 1.82) is 0 Å². The highest BCUT2D eigenvalue weighted by molar-refractivity contribution is 7.91. The quantitative estimate of drug-likeness (QED) is 0.519. The number of rotatable bonds is 5. The number of amides is 2. The number of carbonyl (C=O) groups excluding carboxylic acids is 1. The number of hydrogen-bond acceptors (Lipinski definition) is 6. The molecule has 0 spiro atoms. The van der Waals surface area contributed by atoms with Crippen LogP contribution in [0.2, 0.25) is 0 Å². The third kappa shape index (κ3) is 4.32. The van der Waals surface area contributed by atoms with Gasteiger partial charge in [-0.3, -0.25) is 14.5 Å². The normalized spacial score (nSPS) is 26.5. The number of sulfone groups is 1. The van der Waals surface area contributed by atoms with E-state index in [1.807, 2.05) is 0 Å². The van der Waals surface area contributed by atoms with Crippen molar-refractivity contribution in [2.75, 3.05) is 37.7 Å². The summed E-state index contributed by atoms with van der Waals surface area (Å²) in [6.07, 6.45) is -0.225. The molecule has 0 aliphatic carbocycles. The zero-order chi connectivity index (χ0) is 17.2. The van der Waals surface area contributed by atoms with Gasteiger partial charge in [-0.2, -0.15) is 0 Å². The second-order valence-corrected chi connectivity index (χ2v) is 7.80. The molecule has 23 heavy (non-hydrogen) atoms. The van der Waals surface area contributed by atoms with Crippen LogP contribution in [0.1, 0.15) is 6.42 Å². The number of carboxylic acids is 2. The van der Waals surface area contributed by atoms with Crippen molar-refractivity contribution in [2.45, 2.75) is 18.5 Å². The van der Waals surface area contributed by atoms with Crippen LogP contribution < -0.4 is 5.32 Å². The minimum Gasteiger partial charge on any atom is -0.481 e. The predicted molar refractivity (Wildman–Crippen MR) is 77.8 cm³/mol. The summed E-state index contributed by atoms with van der Waals surface area (Å²) in [5.41, 5.74) is 0. The van der Waals surface area contributed by atoms with E-state index in [4.69, 9.17) is 10.2 Å². The minimum atomic E-state index is -3.35. The Bertz CT molecular complexity index is 606. The van der Waals surface area contributed by atoms with Gasteiger partial charge >= 0.3 is 18.0 Å². The molecule has 0 bridgehead atoms. The van der Waals surface area contributed by atoms with Crippen molar-refractivity contribution in [1.82, 2.24) is 15.1 Å². The van der Waals surface area contributed by atoms with Crippen molar-refractivity contribution in [3.05, 3.63) is 0 Å². The van der Waals surface area contributed by atoms with Crippen LogP contribution in [0.3, 0.4) is 0 Å². The Morgan fingerprint density at radius 3 is 2.30 bits per heavy atom. The summed E-state index contributed by atoms with van der Waals surface area (Å²) in [7, 11) is -3.35. The third-order valence-corrected chi connectivity index (χ3v) is 5.70. The number of piperazine rings is 1. The van der Waals surface area contributed by atoms with E-state index < -0.39 is 39.9 Å². The lowest BCUT2D eigenvalue weighted by Gasteiger charge is -2.43. The highest BCUT2D eigenvalue weighted by Gasteiger charge is 2.48. The van der Waals surface area contributed by atoms with E-state index in [9.17, 15) is 22.8 Å². The number of urea groups is 1. The number of nitrogens with zero attached hydrogens (tertiary/aromatic N) is 2. The molecule has 2 atom stereocenters. The van der Waals surface area contributed by atoms with Gasteiger partial charge in [-0.25, -0.2) is 13.2 Å². The van der Waals surface area contributed by atoms with Gasteiger partial charge in [0.2, 0.25) is 0 Å². The lowest BCUT2D eigenvalue weighted by Crippen LogP contribution is -2.63. The van der Waals surface area contributed by atoms with Gasteiger partial charge in [0, 0.05) is 25.7 Å². The first-order chi connectivity index (χ1) is 10.7. The largest absolute Gasteiger partial charge is 0.481 e. The zero-order valence-electron chi connectivity index (χ0n) is 12.3. The number of hydrogen-bond donors (Lipinski definition) is 3. The molecule has 2 amide bonds. The Kier molecular flexibility index (Phi) is 5.09. The monoisotopic (exact) mass is 349 g/mol. The topological polar surface area (TPSA) is 144 Å². The molecule has 2 heterocycles. The van der Waals surface area contributed by atoms with Crippen LogP contribution >= 0.6 is 0 Å². The van der Waals surface area contributed by atoms with Crippen LogP contribution in [0, 0.1) is 0 Å². The Labute approximate surface area is 133 Å². The van der Waals surface area contributed by atoms with Gasteiger partial charge in [-0.05, 0) is 0 Å². The number of aliphatic carboxylic acids is 2. The molecule has 2 aliphatic rings. The molecule has 0 saturated carbocycles. The standard InChI is InChI=1S/C12H19N3O7S/c16-10(17)1-2-13-12(20)15-4-3-14(5-11(18)19)8-6-23(21,22)7-9(8)15/h8-9H,1-7H2,(H,13,20)(H,16,17)(H,18,19)/t8-,9+/m1/s1. The Hall–Kier alpha value is -1.88. The summed E-state index contributed by atoms with van der Waals surface area (Å²) in [5, 5.41) is 19.9. The van der Waals surface area contributed by atoms with Gasteiger partial charge in [0.15, 0.2) is 9.84 Å². The maximum absolute atomic E-state index is 12.2. The Morgan fingerprint density at radius 2 is 1.70 bits per heavy atom. The first kappa shape index (κ1) is 17.5. The van der Waals surface area contributed by atoms with Crippen molar-refractivity contribution in [3.8, 4) is 0 Å². The molecule has 3 N–H and O–H groups in total. The summed E-state index contributed by atoms with van der Waals surface area (Å²) < 4.78 is 23.8. The molecule has 2 aliphatic heterocycles. The third-order valence-electron chi connectivity index (χ3n) is 4.01. The Morgan fingerprint density at radius 1 is 1.04 bits per heavy atom. The first-order valence-corrected chi connectivity index (χ1v) is 8.94. The second-order valence-electron chi connectivity index (χ2n) is 5.64. The van der Waals surface area contributed by atoms with E-state index in [2.05, 4.69) is 5.32 Å². The summed E-state index contributed by atoms with van der Waals surface area (Å²) in [6.45, 7) is 0.136. The van der Waals surface area contributed by atoms with Crippen molar-refractivity contribution >= 4 is 27.8 Å². The van der Waals surface area contributed by atoms with Crippen LogP contribution in [0.4, 0.5) is 4.79 Å². The molecule has 2 rings (SSSR count). The van der Waals surface area contributed by atoms with Gasteiger partial charge in [-0.15, -0.1) is 0 Å². The zero-order valence-corrected chi connectivity index (χ0v) is 13.2. The van der Waals surface area contributed by atoms with Gasteiger partial charge in [0.25, 0.3) is 0 Å². The molecule has 0 unspecified atom stereocenters. The lowest BCUT2D eigenvalue weighted by atomic mass is 10.1. The predicted octanol–water partition coefficient (Wildman–Crippen LogP) is -1.96. The van der Waals surface area contributed by atoms with E-state index in [0.717, 1.165) is 0 Å². The molecular weight excluding hydrogens is 330 g/mol. The molecule has 0 aromatic rings. The lowest BCUT2D eigenvalue weighted by molar-refractivity contribution is -0.139. The van der Waals surface area contributed by atoms with Crippen LogP contribution in [0.15, 0.2) is 0 Å². The molecule has 2 fully saturated rings.